The quantitative estimate of drug-likeness (QED) is 0.211. The van der Waals surface area contributed by atoms with Crippen molar-refractivity contribution in [2.75, 3.05) is 0 Å². The van der Waals surface area contributed by atoms with Gasteiger partial charge in [-0.25, -0.2) is 9.97 Å². The smallest absolute Gasteiger partial charge is 0.161 e. The summed E-state index contributed by atoms with van der Waals surface area (Å²) in [5, 5.41) is 0. The van der Waals surface area contributed by atoms with Gasteiger partial charge in [0.25, 0.3) is 0 Å². The number of hydrogen-bond donors (Lipinski definition) is 0. The van der Waals surface area contributed by atoms with Crippen LogP contribution in [-0.2, 0) is 0 Å². The molecule has 1 aromatic heterocycles. The molecule has 198 valence electrons. The molecular formula is C40H28N2. The van der Waals surface area contributed by atoms with Crippen molar-refractivity contribution in [2.24, 2.45) is 0 Å². The first kappa shape index (κ1) is 25.4. The fraction of sp³-hybridized carbons (Fsp3) is 0. The highest BCUT2D eigenvalue weighted by molar-refractivity contribution is 5.89. The monoisotopic (exact) mass is 536 g/mol. The van der Waals surface area contributed by atoms with Gasteiger partial charge in [-0.15, -0.1) is 0 Å². The zero-order chi connectivity index (χ0) is 28.1. The highest BCUT2D eigenvalue weighted by Gasteiger charge is 2.18. The molecule has 2 nitrogen and oxygen atoms in total. The summed E-state index contributed by atoms with van der Waals surface area (Å²) in [5.74, 6) is 0.702. The summed E-state index contributed by atoms with van der Waals surface area (Å²) in [7, 11) is 0. The predicted octanol–water partition coefficient (Wildman–Crippen LogP) is 10.5. The average molecular weight is 537 g/mol. The summed E-state index contributed by atoms with van der Waals surface area (Å²) < 4.78 is 0. The fourth-order valence-electron chi connectivity index (χ4n) is 5.54. The molecule has 0 N–H and O–H groups in total. The van der Waals surface area contributed by atoms with E-state index in [0.29, 0.717) is 5.82 Å². The zero-order valence-corrected chi connectivity index (χ0v) is 23.1. The maximum atomic E-state index is 5.26. The summed E-state index contributed by atoms with van der Waals surface area (Å²) >= 11 is 0. The molecular weight excluding hydrogens is 508 g/mol. The number of aromatic nitrogens is 2. The van der Waals surface area contributed by atoms with Crippen LogP contribution in [-0.4, -0.2) is 9.97 Å². The van der Waals surface area contributed by atoms with Crippen molar-refractivity contribution < 1.29 is 0 Å². The van der Waals surface area contributed by atoms with Gasteiger partial charge in [0, 0.05) is 16.7 Å². The molecule has 0 aliphatic carbocycles. The standard InChI is InChI=1S/C40H28N2/c1-4-16-29(17-5-1)32-22-10-13-25-35(32)38-28-39(36-26-14-11-23-33(36)30-18-6-2-7-19-30)42-40(41-38)37-27-15-12-24-34(37)31-20-8-3-9-21-31/h1-28H. The second kappa shape index (κ2) is 11.5. The summed E-state index contributed by atoms with van der Waals surface area (Å²) in [6.07, 6.45) is 0. The normalized spacial score (nSPS) is 10.9. The third kappa shape index (κ3) is 5.02. The molecule has 0 aliphatic heterocycles. The molecule has 0 unspecified atom stereocenters. The molecule has 1 heterocycles. The van der Waals surface area contributed by atoms with Crippen LogP contribution in [0.4, 0.5) is 0 Å². The maximum absolute atomic E-state index is 5.26. The summed E-state index contributed by atoms with van der Waals surface area (Å²) in [5.41, 5.74) is 11.8. The van der Waals surface area contributed by atoms with Crippen LogP contribution in [0.5, 0.6) is 0 Å². The molecule has 0 saturated heterocycles. The molecule has 0 bridgehead atoms. The van der Waals surface area contributed by atoms with Crippen molar-refractivity contribution in [3.05, 3.63) is 170 Å². The van der Waals surface area contributed by atoms with Crippen LogP contribution in [0.3, 0.4) is 0 Å². The van der Waals surface area contributed by atoms with E-state index in [0.717, 1.165) is 61.5 Å². The number of hydrogen-bond acceptors (Lipinski definition) is 2. The average Bonchev–Trinajstić information content (AvgIpc) is 3.09. The van der Waals surface area contributed by atoms with Gasteiger partial charge >= 0.3 is 0 Å². The third-order valence-corrected chi connectivity index (χ3v) is 7.55. The Balaban J connectivity index is 1.49. The number of nitrogens with zero attached hydrogens (tertiary/aromatic N) is 2. The van der Waals surface area contributed by atoms with Crippen molar-refractivity contribution in [2.45, 2.75) is 0 Å². The van der Waals surface area contributed by atoms with Crippen molar-refractivity contribution in [3.8, 4) is 67.3 Å². The second-order valence-corrected chi connectivity index (χ2v) is 10.2. The predicted molar refractivity (Wildman–Crippen MR) is 175 cm³/mol. The molecule has 42 heavy (non-hydrogen) atoms. The van der Waals surface area contributed by atoms with Crippen molar-refractivity contribution in [1.82, 2.24) is 9.97 Å². The van der Waals surface area contributed by atoms with E-state index in [9.17, 15) is 0 Å². The van der Waals surface area contributed by atoms with E-state index in [1.165, 1.54) is 0 Å². The molecule has 0 amide bonds. The lowest BCUT2D eigenvalue weighted by Gasteiger charge is -2.16. The van der Waals surface area contributed by atoms with Gasteiger partial charge in [-0.05, 0) is 39.4 Å². The Kier molecular flexibility index (Phi) is 6.94. The van der Waals surface area contributed by atoms with Crippen LogP contribution < -0.4 is 0 Å². The van der Waals surface area contributed by atoms with Gasteiger partial charge < -0.3 is 0 Å². The SMILES string of the molecule is c1ccc(-c2ccccc2-c2cc(-c3ccccc3-c3ccccc3)nc(-c3ccccc3-c3ccccc3)n2)cc1. The first-order valence-corrected chi connectivity index (χ1v) is 14.2. The molecule has 2 heteroatoms. The maximum Gasteiger partial charge on any atom is 0.161 e. The van der Waals surface area contributed by atoms with Crippen LogP contribution >= 0.6 is 0 Å². The number of rotatable bonds is 6. The van der Waals surface area contributed by atoms with Crippen LogP contribution in [0.25, 0.3) is 67.3 Å². The van der Waals surface area contributed by atoms with E-state index in [-0.39, 0.29) is 0 Å². The minimum absolute atomic E-state index is 0.702. The molecule has 0 atom stereocenters. The number of benzene rings is 6. The molecule has 0 spiro atoms. The van der Waals surface area contributed by atoms with Crippen molar-refractivity contribution >= 4 is 0 Å². The lowest BCUT2D eigenvalue weighted by Crippen LogP contribution is -1.99. The van der Waals surface area contributed by atoms with Gasteiger partial charge in [-0.3, -0.25) is 0 Å². The Morgan fingerprint density at radius 1 is 0.262 bits per heavy atom. The van der Waals surface area contributed by atoms with E-state index in [2.05, 4.69) is 152 Å². The van der Waals surface area contributed by atoms with Crippen LogP contribution in [0.1, 0.15) is 0 Å². The van der Waals surface area contributed by atoms with Crippen molar-refractivity contribution in [1.29, 1.82) is 0 Å². The first-order chi connectivity index (χ1) is 20.8. The van der Waals surface area contributed by atoms with E-state index >= 15 is 0 Å². The Bertz CT molecular complexity index is 1720. The highest BCUT2D eigenvalue weighted by Crippen LogP contribution is 2.38. The van der Waals surface area contributed by atoms with Crippen LogP contribution in [0, 0.1) is 0 Å². The molecule has 7 aromatic rings. The Labute approximate surface area is 246 Å². The lowest BCUT2D eigenvalue weighted by atomic mass is 9.94. The summed E-state index contributed by atoms with van der Waals surface area (Å²) in [4.78, 5) is 10.5. The molecule has 7 rings (SSSR count). The Morgan fingerprint density at radius 2 is 0.548 bits per heavy atom. The lowest BCUT2D eigenvalue weighted by molar-refractivity contribution is 1.18. The van der Waals surface area contributed by atoms with E-state index < -0.39 is 0 Å². The Morgan fingerprint density at radius 3 is 0.929 bits per heavy atom. The largest absolute Gasteiger partial charge is 0.228 e. The molecule has 0 fully saturated rings. The van der Waals surface area contributed by atoms with E-state index in [1.807, 2.05) is 18.2 Å². The second-order valence-electron chi connectivity index (χ2n) is 10.2. The van der Waals surface area contributed by atoms with Gasteiger partial charge in [0.05, 0.1) is 11.4 Å². The zero-order valence-electron chi connectivity index (χ0n) is 23.1. The molecule has 0 radical (unpaired) electrons. The highest BCUT2D eigenvalue weighted by atomic mass is 14.9. The van der Waals surface area contributed by atoms with Gasteiger partial charge in [0.1, 0.15) is 0 Å². The summed E-state index contributed by atoms with van der Waals surface area (Å²) in [6, 6.07) is 59.0. The Hall–Kier alpha value is -5.60. The van der Waals surface area contributed by atoms with Gasteiger partial charge in [0.15, 0.2) is 5.82 Å². The van der Waals surface area contributed by atoms with Crippen LogP contribution in [0.15, 0.2) is 170 Å². The van der Waals surface area contributed by atoms with E-state index in [4.69, 9.17) is 9.97 Å². The third-order valence-electron chi connectivity index (χ3n) is 7.55. The summed E-state index contributed by atoms with van der Waals surface area (Å²) in [6.45, 7) is 0. The molecule has 0 saturated carbocycles. The minimum Gasteiger partial charge on any atom is -0.228 e. The first-order valence-electron chi connectivity index (χ1n) is 14.2. The minimum atomic E-state index is 0.702. The van der Waals surface area contributed by atoms with Gasteiger partial charge in [-0.1, -0.05) is 164 Å². The van der Waals surface area contributed by atoms with Crippen molar-refractivity contribution in [3.63, 3.8) is 0 Å². The molecule has 0 aliphatic rings. The van der Waals surface area contributed by atoms with Gasteiger partial charge in [-0.2, -0.15) is 0 Å². The molecule has 6 aromatic carbocycles. The topological polar surface area (TPSA) is 25.8 Å². The van der Waals surface area contributed by atoms with Crippen LogP contribution in [0.2, 0.25) is 0 Å². The van der Waals surface area contributed by atoms with Gasteiger partial charge in [0.2, 0.25) is 0 Å². The van der Waals surface area contributed by atoms with E-state index in [1.54, 1.807) is 0 Å². The fourth-order valence-corrected chi connectivity index (χ4v) is 5.54.